The Morgan fingerprint density at radius 2 is 0.650 bits per heavy atom. The van der Waals surface area contributed by atoms with Crippen molar-refractivity contribution < 1.29 is 115 Å². The van der Waals surface area contributed by atoms with Crippen LogP contribution in [0.4, 0.5) is 0 Å². The van der Waals surface area contributed by atoms with Crippen LogP contribution in [0.15, 0.2) is 232 Å². The van der Waals surface area contributed by atoms with Crippen molar-refractivity contribution in [2.75, 3.05) is 0 Å². The SMILES string of the molecule is [2H]C([2H])([2H])c1cc(-c2[c-]ccc3c2oc2nc(C)cc(C([2H])(C)C)c23)ncc1C([2H])(C)C([2H])([2H])[2H].[2H]C([2H])([2H])c1cc(-c2[c-]ccc3c2oc2nc(C)cc(C([2H])(C)C)c23)ncc1C([2H])(C)C([2H])([2H])[2H].[2H]C([2H])([2H])c1cc(-c2[c-]ccc3c2oc2nc(C)cc(C([2H])(C)C)c23)ncc1C([2H])(C)C([2H])([2H])[2H].[2H]C([2H])([2H])c1ccc(-c2[c-]cccc2)nc1.[2H]C([2H])([2H])c1cnc(-c2[c-]cccc2)cc1C.[Ir].[Ir].[Ir].[c-]1ccccc1-c1ccccn1. The first-order valence-corrected chi connectivity index (χ1v) is 38.4. The number of nitrogens with zero attached hydrogens (tertiary/aromatic N) is 9. The molecule has 123 heavy (non-hydrogen) atoms. The fraction of sp³-hybridized carbons (Fsp3) is 0.250. The minimum atomic E-state index is -2.76. The molecule has 633 valence electrons. The maximum absolute atomic E-state index is 8.60. The zero-order valence-corrected chi connectivity index (χ0v) is 76.7. The van der Waals surface area contributed by atoms with E-state index in [9.17, 15) is 0 Å². The number of aryl methyl sites for hydroxylation is 9. The summed E-state index contributed by atoms with van der Waals surface area (Å²) in [6.07, 6.45) is 8.04. The Kier molecular flexibility index (Phi) is 20.9. The van der Waals surface area contributed by atoms with Gasteiger partial charge in [-0.3, -0.25) is 0 Å². The molecular formula is C108H105Ir3N9O3-6. The van der Waals surface area contributed by atoms with E-state index in [2.05, 4.69) is 81.3 Å². The van der Waals surface area contributed by atoms with Gasteiger partial charge in [0.15, 0.2) is 0 Å². The summed E-state index contributed by atoms with van der Waals surface area (Å²) in [4.78, 5) is 39.0. The van der Waals surface area contributed by atoms with Crippen LogP contribution in [0.25, 0.3) is 134 Å². The Balaban J connectivity index is 0.000000194. The minimum Gasteiger partial charge on any atom is -0.486 e. The third-order valence-corrected chi connectivity index (χ3v) is 19.4. The van der Waals surface area contributed by atoms with Crippen LogP contribution in [0.1, 0.15) is 243 Å². The fourth-order valence-corrected chi connectivity index (χ4v) is 13.5. The molecule has 0 bridgehead atoms. The number of fused-ring (bicyclic) bond motifs is 9. The quantitative estimate of drug-likeness (QED) is 0.107. The average Bonchev–Trinajstić information content (AvgIpc) is 1.61. The number of aromatic nitrogens is 9. The first-order chi connectivity index (χ1) is 69.3. The van der Waals surface area contributed by atoms with Crippen molar-refractivity contribution in [3.05, 3.63) is 339 Å². The van der Waals surface area contributed by atoms with Crippen molar-refractivity contribution in [3.63, 3.8) is 0 Å². The third-order valence-electron chi connectivity index (χ3n) is 19.4. The molecule has 0 amide bonds. The van der Waals surface area contributed by atoms with Crippen molar-refractivity contribution in [3.8, 4) is 67.5 Å². The first kappa shape index (κ1) is 60.5. The number of hydrogen-bond acceptors (Lipinski definition) is 12. The third kappa shape index (κ3) is 22.0. The van der Waals surface area contributed by atoms with Gasteiger partial charge < -0.3 is 43.2 Å². The summed E-state index contributed by atoms with van der Waals surface area (Å²) in [5.41, 5.74) is 13.5. The standard InChI is InChI=1S/3C24H25N2O.C13H12N.C12H10N.C11H8N.3Ir/c3*1-13(2)19-11-16(6)26-24-22(19)18-9-7-8-17(23(18)27-24)21-10-15(5)20(12-25-21)14(3)4;1-10-8-13(14-9-11(10)2)12-6-4-3-5-7-12;1-10-7-8-12(13-9-10)11-5-3-2-4-6-11;1-2-6-10(7-3-1)11-8-4-5-9-12-11;;;/h3*7,9-14H,1-6H3;3-6,8-9H,1-2H3;2-5,7-9H,1H3;1-6,8-9H;;;/q6*-1;;;/i3*3D3,5D3,13D,14D;2D3;1D3;;;;. The van der Waals surface area contributed by atoms with Gasteiger partial charge in [0.05, 0.1) is 16.7 Å². The predicted octanol–water partition coefficient (Wildman–Crippen LogP) is 28.7. The maximum atomic E-state index is 8.60. The van der Waals surface area contributed by atoms with Crippen molar-refractivity contribution in [1.29, 1.82) is 0 Å². The number of benzene rings is 6. The van der Waals surface area contributed by atoms with E-state index in [-0.39, 0.29) is 116 Å². The molecule has 0 spiro atoms. The van der Waals surface area contributed by atoms with Gasteiger partial charge in [-0.05, 0) is 200 Å². The zero-order valence-electron chi connectivity index (χ0n) is 99.5. The van der Waals surface area contributed by atoms with Crippen LogP contribution in [-0.2, 0) is 60.3 Å². The molecule has 0 aliphatic rings. The summed E-state index contributed by atoms with van der Waals surface area (Å²) in [7, 11) is 0. The Morgan fingerprint density at radius 1 is 0.301 bits per heavy atom. The van der Waals surface area contributed by atoms with Crippen molar-refractivity contribution >= 4 is 66.2 Å². The van der Waals surface area contributed by atoms with Crippen LogP contribution in [0.5, 0.6) is 0 Å². The second kappa shape index (κ2) is 42.4. The molecule has 0 saturated heterocycles. The largest absolute Gasteiger partial charge is 0.486 e. The van der Waals surface area contributed by atoms with Crippen molar-refractivity contribution in [1.82, 2.24) is 44.9 Å². The molecule has 0 fully saturated rings. The molecule has 3 atom stereocenters. The maximum Gasteiger partial charge on any atom is 0.216 e. The van der Waals surface area contributed by atoms with E-state index in [0.717, 1.165) is 95.4 Å². The van der Waals surface area contributed by atoms with Gasteiger partial charge in [0, 0.05) is 172 Å². The molecule has 15 heteroatoms. The molecule has 6 aromatic carbocycles. The fourth-order valence-electron chi connectivity index (χ4n) is 13.5. The summed E-state index contributed by atoms with van der Waals surface area (Å²) < 4.78 is 255. The molecule has 12 nitrogen and oxygen atoms in total. The Hall–Kier alpha value is -11.0. The molecule has 0 saturated carbocycles. The van der Waals surface area contributed by atoms with Gasteiger partial charge in [0.2, 0.25) is 17.1 Å². The van der Waals surface area contributed by atoms with E-state index in [0.29, 0.717) is 106 Å². The number of hydrogen-bond donors (Lipinski definition) is 0. The van der Waals surface area contributed by atoms with Crippen molar-refractivity contribution in [2.45, 2.75) is 180 Å². The summed E-state index contributed by atoms with van der Waals surface area (Å²) in [6, 6.07) is 71.9. The van der Waals surface area contributed by atoms with E-state index in [1.165, 1.54) is 30.6 Å². The van der Waals surface area contributed by atoms with Gasteiger partial charge >= 0.3 is 0 Å². The normalized spacial score (nSPS) is 17.1. The van der Waals surface area contributed by atoms with Crippen LogP contribution in [0.3, 0.4) is 0 Å². The van der Waals surface area contributed by atoms with Crippen molar-refractivity contribution in [2.24, 2.45) is 0 Å². The summed E-state index contributed by atoms with van der Waals surface area (Å²) in [5, 5.41) is 4.13. The average molecular weight is 2180 g/mol. The van der Waals surface area contributed by atoms with E-state index in [4.69, 9.17) is 54.4 Å². The summed E-state index contributed by atoms with van der Waals surface area (Å²) >= 11 is 0. The second-order valence-corrected chi connectivity index (χ2v) is 29.1. The number of pyridine rings is 9. The monoisotopic (exact) mass is 2180 g/mol. The first-order valence-electron chi connectivity index (χ1n) is 53.4. The smallest absolute Gasteiger partial charge is 0.216 e. The molecular weight excluding hydrogens is 2050 g/mol. The molecule has 12 aromatic heterocycles. The predicted molar refractivity (Wildman–Crippen MR) is 493 cm³/mol. The van der Waals surface area contributed by atoms with E-state index in [1.807, 2.05) is 124 Å². The van der Waals surface area contributed by atoms with Crippen LogP contribution < -0.4 is 0 Å². The molecule has 3 unspecified atom stereocenters. The minimum absolute atomic E-state index is 0. The van der Waals surface area contributed by atoms with Gasteiger partial charge in [-0.15, -0.1) is 162 Å². The van der Waals surface area contributed by atoms with Gasteiger partial charge in [0.1, 0.15) is 0 Å². The molecule has 0 aliphatic carbocycles. The van der Waals surface area contributed by atoms with Crippen LogP contribution in [0.2, 0.25) is 0 Å². The molecule has 0 N–H and O–H groups in total. The van der Waals surface area contributed by atoms with Gasteiger partial charge in [-0.2, -0.15) is 0 Å². The molecule has 18 rings (SSSR count). The van der Waals surface area contributed by atoms with E-state index in [1.54, 1.807) is 115 Å². The van der Waals surface area contributed by atoms with Crippen LogP contribution in [-0.4, -0.2) is 44.9 Å². The van der Waals surface area contributed by atoms with Crippen LogP contribution in [0, 0.1) is 98.4 Å². The van der Waals surface area contributed by atoms with Gasteiger partial charge in [0.25, 0.3) is 0 Å². The zero-order chi connectivity index (χ0) is 111. The van der Waals surface area contributed by atoms with E-state index >= 15 is 0 Å². The Morgan fingerprint density at radius 3 is 0.959 bits per heavy atom. The van der Waals surface area contributed by atoms with Gasteiger partial charge in [-0.25, -0.2) is 15.0 Å². The topological polar surface area (TPSA) is 155 Å². The number of rotatable bonds is 12. The van der Waals surface area contributed by atoms with Crippen LogP contribution >= 0.6 is 0 Å². The molecule has 12 heterocycles. The molecule has 18 aromatic rings. The molecule has 0 aliphatic heterocycles. The Labute approximate surface area is 808 Å². The molecule has 3 radical (unpaired) electrons. The Bertz CT molecular complexity index is 7390. The van der Waals surface area contributed by atoms with Gasteiger partial charge in [-0.1, -0.05) is 187 Å². The second-order valence-electron chi connectivity index (χ2n) is 29.1. The summed E-state index contributed by atoms with van der Waals surface area (Å²) in [5.74, 6) is -9.30. The number of furan rings is 3. The van der Waals surface area contributed by atoms with E-state index < -0.39 is 90.2 Å². The summed E-state index contributed by atoms with van der Waals surface area (Å²) in [6.45, 7) is 0.909.